The third kappa shape index (κ3) is 2.61. The molecule has 0 amide bonds. The van der Waals surface area contributed by atoms with Gasteiger partial charge >= 0.3 is 0 Å². The van der Waals surface area contributed by atoms with Gasteiger partial charge in [-0.3, -0.25) is 0 Å². The van der Waals surface area contributed by atoms with Gasteiger partial charge in [0, 0.05) is 4.88 Å². The zero-order valence-electron chi connectivity index (χ0n) is 6.43. The molecule has 0 saturated heterocycles. The minimum absolute atomic E-state index is 1.16. The van der Waals surface area contributed by atoms with Gasteiger partial charge in [-0.05, 0) is 13.8 Å². The SMILES string of the molecule is CC.Cc1ncsc1C. The summed E-state index contributed by atoms with van der Waals surface area (Å²) in [4.78, 5) is 5.35. The molecule has 1 rings (SSSR count). The Hall–Kier alpha value is -0.370. The Morgan fingerprint density at radius 3 is 2.00 bits per heavy atom. The molecule has 0 spiro atoms. The molecule has 0 aliphatic heterocycles. The van der Waals surface area contributed by atoms with Crippen molar-refractivity contribution in [2.75, 3.05) is 0 Å². The molecule has 0 radical (unpaired) electrons. The summed E-state index contributed by atoms with van der Waals surface area (Å²) in [6.45, 7) is 8.10. The van der Waals surface area contributed by atoms with Crippen molar-refractivity contribution in [3.05, 3.63) is 16.1 Å². The highest BCUT2D eigenvalue weighted by atomic mass is 32.1. The van der Waals surface area contributed by atoms with Crippen molar-refractivity contribution < 1.29 is 0 Å². The predicted molar refractivity (Wildman–Crippen MR) is 42.9 cm³/mol. The zero-order valence-corrected chi connectivity index (χ0v) is 7.25. The van der Waals surface area contributed by atoms with Gasteiger partial charge in [0.2, 0.25) is 0 Å². The van der Waals surface area contributed by atoms with E-state index in [2.05, 4.69) is 11.9 Å². The first-order valence-electron chi connectivity index (χ1n) is 3.17. The summed E-state index contributed by atoms with van der Waals surface area (Å²) in [5, 5.41) is 0. The Morgan fingerprint density at radius 2 is 1.89 bits per heavy atom. The van der Waals surface area contributed by atoms with Crippen LogP contribution in [0.15, 0.2) is 5.51 Å². The van der Waals surface area contributed by atoms with E-state index in [1.807, 2.05) is 26.3 Å². The first-order chi connectivity index (χ1) is 4.30. The Balaban J connectivity index is 0.000000291. The number of thiazole rings is 1. The molecule has 1 aromatic heterocycles. The molecule has 0 aliphatic rings. The summed E-state index contributed by atoms with van der Waals surface area (Å²) in [6, 6.07) is 0. The molecule has 1 heterocycles. The number of hydrogen-bond acceptors (Lipinski definition) is 2. The van der Waals surface area contributed by atoms with Gasteiger partial charge < -0.3 is 0 Å². The molecule has 0 fully saturated rings. The van der Waals surface area contributed by atoms with Crippen molar-refractivity contribution in [3.8, 4) is 0 Å². The number of rotatable bonds is 0. The Morgan fingerprint density at radius 1 is 1.33 bits per heavy atom. The van der Waals surface area contributed by atoms with E-state index in [0.29, 0.717) is 0 Å². The number of aryl methyl sites for hydroxylation is 2. The fourth-order valence-electron chi connectivity index (χ4n) is 0.361. The van der Waals surface area contributed by atoms with Crippen molar-refractivity contribution in [1.82, 2.24) is 4.98 Å². The van der Waals surface area contributed by atoms with E-state index in [9.17, 15) is 0 Å². The van der Waals surface area contributed by atoms with Crippen LogP contribution in [0.1, 0.15) is 24.4 Å². The van der Waals surface area contributed by atoms with Gasteiger partial charge in [-0.25, -0.2) is 4.98 Å². The summed E-state index contributed by atoms with van der Waals surface area (Å²) in [5.41, 5.74) is 3.02. The van der Waals surface area contributed by atoms with Crippen LogP contribution in [0.25, 0.3) is 0 Å². The lowest BCUT2D eigenvalue weighted by Gasteiger charge is -1.77. The third-order valence-corrected chi connectivity index (χ3v) is 1.85. The third-order valence-electron chi connectivity index (χ3n) is 0.985. The molecule has 9 heavy (non-hydrogen) atoms. The second kappa shape index (κ2) is 4.50. The van der Waals surface area contributed by atoms with E-state index in [0.717, 1.165) is 5.69 Å². The van der Waals surface area contributed by atoms with Crippen molar-refractivity contribution >= 4 is 11.3 Å². The standard InChI is InChI=1S/C5H7NS.C2H6/c1-4-5(2)7-3-6-4;1-2/h3H,1-2H3;1-2H3. The van der Waals surface area contributed by atoms with Gasteiger partial charge in [-0.15, -0.1) is 11.3 Å². The van der Waals surface area contributed by atoms with E-state index in [1.165, 1.54) is 4.88 Å². The summed E-state index contributed by atoms with van der Waals surface area (Å²) in [7, 11) is 0. The largest absolute Gasteiger partial charge is 0.250 e. The molecule has 2 heteroatoms. The van der Waals surface area contributed by atoms with E-state index in [4.69, 9.17) is 0 Å². The van der Waals surface area contributed by atoms with Crippen molar-refractivity contribution in [1.29, 1.82) is 0 Å². The van der Waals surface area contributed by atoms with E-state index in [-0.39, 0.29) is 0 Å². The van der Waals surface area contributed by atoms with Crippen LogP contribution in [0.5, 0.6) is 0 Å². The van der Waals surface area contributed by atoms with Gasteiger partial charge in [0.05, 0.1) is 11.2 Å². The molecule has 1 nitrogen and oxygen atoms in total. The lowest BCUT2D eigenvalue weighted by atomic mass is 10.4. The van der Waals surface area contributed by atoms with E-state index < -0.39 is 0 Å². The van der Waals surface area contributed by atoms with Crippen LogP contribution < -0.4 is 0 Å². The fourth-order valence-corrected chi connectivity index (χ4v) is 0.953. The highest BCUT2D eigenvalue weighted by Crippen LogP contribution is 2.07. The van der Waals surface area contributed by atoms with E-state index in [1.54, 1.807) is 11.3 Å². The Kier molecular flexibility index (Phi) is 4.32. The van der Waals surface area contributed by atoms with Crippen molar-refractivity contribution in [2.45, 2.75) is 27.7 Å². The van der Waals surface area contributed by atoms with E-state index >= 15 is 0 Å². The number of hydrogen-bond donors (Lipinski definition) is 0. The minimum atomic E-state index is 1.16. The number of aromatic nitrogens is 1. The fraction of sp³-hybridized carbons (Fsp3) is 0.571. The monoisotopic (exact) mass is 143 g/mol. The molecule has 0 unspecified atom stereocenters. The van der Waals surface area contributed by atoms with Gasteiger partial charge in [-0.2, -0.15) is 0 Å². The quantitative estimate of drug-likeness (QED) is 0.544. The Labute approximate surface area is 60.8 Å². The average molecular weight is 143 g/mol. The maximum Gasteiger partial charge on any atom is 0.0797 e. The Bertz CT molecular complexity index is 141. The topological polar surface area (TPSA) is 12.9 Å². The molecule has 0 aliphatic carbocycles. The molecule has 0 aromatic carbocycles. The first kappa shape index (κ1) is 8.63. The second-order valence-electron chi connectivity index (χ2n) is 1.49. The molecule has 0 bridgehead atoms. The lowest BCUT2D eigenvalue weighted by molar-refractivity contribution is 1.23. The summed E-state index contributed by atoms with van der Waals surface area (Å²) in [6.07, 6.45) is 0. The van der Waals surface area contributed by atoms with Crippen LogP contribution in [0, 0.1) is 13.8 Å². The molecule has 0 saturated carbocycles. The molecule has 52 valence electrons. The van der Waals surface area contributed by atoms with Gasteiger partial charge in [0.25, 0.3) is 0 Å². The number of nitrogens with zero attached hydrogens (tertiary/aromatic N) is 1. The van der Waals surface area contributed by atoms with Gasteiger partial charge in [0.15, 0.2) is 0 Å². The predicted octanol–water partition coefficient (Wildman–Crippen LogP) is 2.79. The highest BCUT2D eigenvalue weighted by molar-refractivity contribution is 7.09. The van der Waals surface area contributed by atoms with Crippen LogP contribution in [0.3, 0.4) is 0 Å². The van der Waals surface area contributed by atoms with Crippen molar-refractivity contribution in [2.24, 2.45) is 0 Å². The molecular formula is C7H13NS. The molecule has 0 N–H and O–H groups in total. The van der Waals surface area contributed by atoms with Crippen LogP contribution in [-0.2, 0) is 0 Å². The van der Waals surface area contributed by atoms with Crippen LogP contribution in [0.2, 0.25) is 0 Å². The maximum absolute atomic E-state index is 4.03. The first-order valence-corrected chi connectivity index (χ1v) is 4.05. The summed E-state index contributed by atoms with van der Waals surface area (Å²) in [5.74, 6) is 0. The van der Waals surface area contributed by atoms with Crippen molar-refractivity contribution in [3.63, 3.8) is 0 Å². The molecule has 0 atom stereocenters. The minimum Gasteiger partial charge on any atom is -0.250 e. The molecular weight excluding hydrogens is 130 g/mol. The zero-order chi connectivity index (χ0) is 7.28. The van der Waals surface area contributed by atoms with Crippen LogP contribution in [-0.4, -0.2) is 4.98 Å². The van der Waals surface area contributed by atoms with Crippen LogP contribution >= 0.6 is 11.3 Å². The summed E-state index contributed by atoms with van der Waals surface area (Å²) >= 11 is 1.69. The smallest absolute Gasteiger partial charge is 0.0797 e. The van der Waals surface area contributed by atoms with Crippen LogP contribution in [0.4, 0.5) is 0 Å². The van der Waals surface area contributed by atoms with Gasteiger partial charge in [0.1, 0.15) is 0 Å². The summed E-state index contributed by atoms with van der Waals surface area (Å²) < 4.78 is 0. The van der Waals surface area contributed by atoms with Gasteiger partial charge in [-0.1, -0.05) is 13.8 Å². The lowest BCUT2D eigenvalue weighted by Crippen LogP contribution is -1.68. The average Bonchev–Trinajstić information content (AvgIpc) is 2.23. The normalized spacial score (nSPS) is 8.00. The highest BCUT2D eigenvalue weighted by Gasteiger charge is 1.88. The maximum atomic E-state index is 4.03. The second-order valence-corrected chi connectivity index (χ2v) is 2.55. The molecule has 1 aromatic rings.